The lowest BCUT2D eigenvalue weighted by Gasteiger charge is -2.11. The summed E-state index contributed by atoms with van der Waals surface area (Å²) in [5, 5.41) is 2.67. The predicted octanol–water partition coefficient (Wildman–Crippen LogP) is 3.53. The van der Waals surface area contributed by atoms with E-state index < -0.39 is 0 Å². The van der Waals surface area contributed by atoms with Crippen LogP contribution in [0.3, 0.4) is 0 Å². The van der Waals surface area contributed by atoms with E-state index in [1.807, 2.05) is 18.2 Å². The van der Waals surface area contributed by atoms with Gasteiger partial charge in [0.05, 0.1) is 19.1 Å². The average Bonchev–Trinajstić information content (AvgIpc) is 2.55. The van der Waals surface area contributed by atoms with Crippen LogP contribution in [0.25, 0.3) is 0 Å². The van der Waals surface area contributed by atoms with E-state index >= 15 is 0 Å². The molecule has 1 N–H and O–H groups in total. The molecule has 2 aromatic rings. The minimum Gasteiger partial charge on any atom is -0.469 e. The van der Waals surface area contributed by atoms with Crippen molar-refractivity contribution in [3.8, 4) is 11.5 Å². The van der Waals surface area contributed by atoms with Crippen LogP contribution in [-0.2, 0) is 9.53 Å². The maximum atomic E-state index is 12.2. The van der Waals surface area contributed by atoms with Crippen LogP contribution in [0.5, 0.6) is 11.5 Å². The highest BCUT2D eigenvalue weighted by atomic mass is 79.9. The van der Waals surface area contributed by atoms with Crippen molar-refractivity contribution in [2.75, 3.05) is 13.7 Å². The number of carbonyl (C=O) groups excluding carboxylic acids is 2. The van der Waals surface area contributed by atoms with Crippen molar-refractivity contribution in [3.63, 3.8) is 0 Å². The Morgan fingerprint density at radius 3 is 2.65 bits per heavy atom. The lowest BCUT2D eigenvalue weighted by molar-refractivity contribution is -0.140. The van der Waals surface area contributed by atoms with Crippen molar-refractivity contribution in [1.82, 2.24) is 5.32 Å². The number of carbonyl (C=O) groups is 2. The first kappa shape index (κ1) is 17.0. The van der Waals surface area contributed by atoms with Crippen molar-refractivity contribution in [3.05, 3.63) is 58.6 Å². The molecule has 0 atom stereocenters. The van der Waals surface area contributed by atoms with Crippen LogP contribution < -0.4 is 10.1 Å². The second kappa shape index (κ2) is 8.33. The zero-order valence-corrected chi connectivity index (χ0v) is 14.1. The molecule has 0 radical (unpaired) electrons. The summed E-state index contributed by atoms with van der Waals surface area (Å²) in [6.07, 6.45) is 0.122. The van der Waals surface area contributed by atoms with Gasteiger partial charge in [0.25, 0.3) is 5.91 Å². The Balaban J connectivity index is 2.07. The van der Waals surface area contributed by atoms with Crippen molar-refractivity contribution < 1.29 is 19.1 Å². The van der Waals surface area contributed by atoms with Gasteiger partial charge in [-0.3, -0.25) is 9.59 Å². The molecule has 0 unspecified atom stereocenters. The van der Waals surface area contributed by atoms with Crippen molar-refractivity contribution in [1.29, 1.82) is 0 Å². The van der Waals surface area contributed by atoms with E-state index in [4.69, 9.17) is 4.74 Å². The molecule has 5 nitrogen and oxygen atoms in total. The number of esters is 1. The first-order chi connectivity index (χ1) is 11.1. The number of rotatable bonds is 6. The van der Waals surface area contributed by atoms with Gasteiger partial charge in [0.15, 0.2) is 0 Å². The van der Waals surface area contributed by atoms with Crippen LogP contribution in [0.15, 0.2) is 53.0 Å². The topological polar surface area (TPSA) is 64.6 Å². The molecule has 0 aliphatic heterocycles. The van der Waals surface area contributed by atoms with Gasteiger partial charge in [0.2, 0.25) is 0 Å². The van der Waals surface area contributed by atoms with Crippen LogP contribution >= 0.6 is 15.9 Å². The quantitative estimate of drug-likeness (QED) is 0.782. The van der Waals surface area contributed by atoms with Crippen molar-refractivity contribution in [2.24, 2.45) is 0 Å². The SMILES string of the molecule is COC(=O)CCNC(=O)c1ccccc1Oc1cccc(Br)c1. The second-order valence-electron chi connectivity index (χ2n) is 4.64. The van der Waals surface area contributed by atoms with E-state index in [2.05, 4.69) is 26.0 Å². The van der Waals surface area contributed by atoms with Gasteiger partial charge in [-0.1, -0.05) is 34.1 Å². The van der Waals surface area contributed by atoms with Gasteiger partial charge < -0.3 is 14.8 Å². The van der Waals surface area contributed by atoms with Gasteiger partial charge in [0, 0.05) is 11.0 Å². The van der Waals surface area contributed by atoms with Crippen LogP contribution in [0.4, 0.5) is 0 Å². The Hall–Kier alpha value is -2.34. The molecule has 0 saturated carbocycles. The van der Waals surface area contributed by atoms with E-state index in [-0.39, 0.29) is 24.8 Å². The van der Waals surface area contributed by atoms with Gasteiger partial charge in [0.1, 0.15) is 11.5 Å². The number of halogens is 1. The highest BCUT2D eigenvalue weighted by Crippen LogP contribution is 2.27. The molecule has 0 fully saturated rings. The maximum Gasteiger partial charge on any atom is 0.307 e. The van der Waals surface area contributed by atoms with Gasteiger partial charge in [-0.15, -0.1) is 0 Å². The van der Waals surface area contributed by atoms with Gasteiger partial charge in [-0.05, 0) is 30.3 Å². The first-order valence-electron chi connectivity index (χ1n) is 6.97. The van der Waals surface area contributed by atoms with E-state index in [0.29, 0.717) is 17.1 Å². The molecule has 2 rings (SSSR count). The lowest BCUT2D eigenvalue weighted by Crippen LogP contribution is -2.26. The summed E-state index contributed by atoms with van der Waals surface area (Å²) in [6, 6.07) is 14.3. The van der Waals surface area contributed by atoms with Gasteiger partial charge in [-0.2, -0.15) is 0 Å². The molecule has 23 heavy (non-hydrogen) atoms. The number of hydrogen-bond acceptors (Lipinski definition) is 4. The molecule has 6 heteroatoms. The fraction of sp³-hybridized carbons (Fsp3) is 0.176. The summed E-state index contributed by atoms with van der Waals surface area (Å²) in [5.41, 5.74) is 0.400. The summed E-state index contributed by atoms with van der Waals surface area (Å²) in [7, 11) is 1.31. The molecule has 0 aliphatic carbocycles. The molecule has 0 heterocycles. The summed E-state index contributed by atoms with van der Waals surface area (Å²) >= 11 is 3.37. The monoisotopic (exact) mass is 377 g/mol. The highest BCUT2D eigenvalue weighted by molar-refractivity contribution is 9.10. The van der Waals surface area contributed by atoms with Crippen LogP contribution in [-0.4, -0.2) is 25.5 Å². The third-order valence-electron chi connectivity index (χ3n) is 3.00. The van der Waals surface area contributed by atoms with Gasteiger partial charge >= 0.3 is 5.97 Å². The summed E-state index contributed by atoms with van der Waals surface area (Å²) < 4.78 is 11.2. The Bertz CT molecular complexity index is 702. The zero-order chi connectivity index (χ0) is 16.7. The minimum absolute atomic E-state index is 0.122. The predicted molar refractivity (Wildman–Crippen MR) is 89.6 cm³/mol. The Morgan fingerprint density at radius 2 is 1.91 bits per heavy atom. The van der Waals surface area contributed by atoms with Crippen molar-refractivity contribution >= 4 is 27.8 Å². The summed E-state index contributed by atoms with van der Waals surface area (Å²) in [5.74, 6) is 0.388. The number of amides is 1. The molecule has 0 spiro atoms. The molecule has 120 valence electrons. The van der Waals surface area contributed by atoms with Crippen LogP contribution in [0.1, 0.15) is 16.8 Å². The lowest BCUT2D eigenvalue weighted by atomic mass is 10.2. The average molecular weight is 378 g/mol. The van der Waals surface area contributed by atoms with Gasteiger partial charge in [-0.25, -0.2) is 0 Å². The van der Waals surface area contributed by atoms with Crippen LogP contribution in [0, 0.1) is 0 Å². The smallest absolute Gasteiger partial charge is 0.307 e. The highest BCUT2D eigenvalue weighted by Gasteiger charge is 2.13. The number of methoxy groups -OCH3 is 1. The van der Waals surface area contributed by atoms with E-state index in [1.165, 1.54) is 7.11 Å². The maximum absolute atomic E-state index is 12.2. The first-order valence-corrected chi connectivity index (χ1v) is 7.77. The minimum atomic E-state index is -0.371. The Kier molecular flexibility index (Phi) is 6.17. The number of nitrogens with one attached hydrogen (secondary N) is 1. The van der Waals surface area contributed by atoms with E-state index in [0.717, 1.165) is 4.47 Å². The largest absolute Gasteiger partial charge is 0.469 e. The molecule has 0 aromatic heterocycles. The summed E-state index contributed by atoms with van der Waals surface area (Å²) in [4.78, 5) is 23.3. The normalized spacial score (nSPS) is 10.0. The number of benzene rings is 2. The fourth-order valence-electron chi connectivity index (χ4n) is 1.88. The Labute approximate surface area is 142 Å². The molecule has 0 aliphatic rings. The Morgan fingerprint density at radius 1 is 1.13 bits per heavy atom. The number of para-hydroxylation sites is 1. The van der Waals surface area contributed by atoms with E-state index in [9.17, 15) is 9.59 Å². The van der Waals surface area contributed by atoms with Crippen LogP contribution in [0.2, 0.25) is 0 Å². The molecule has 0 saturated heterocycles. The molecule has 2 aromatic carbocycles. The fourth-order valence-corrected chi connectivity index (χ4v) is 2.25. The third kappa shape index (κ3) is 5.10. The summed E-state index contributed by atoms with van der Waals surface area (Å²) in [6.45, 7) is 0.205. The van der Waals surface area contributed by atoms with Crippen molar-refractivity contribution in [2.45, 2.75) is 6.42 Å². The third-order valence-corrected chi connectivity index (χ3v) is 3.49. The van der Waals surface area contributed by atoms with E-state index in [1.54, 1.807) is 30.3 Å². The zero-order valence-electron chi connectivity index (χ0n) is 12.5. The second-order valence-corrected chi connectivity index (χ2v) is 5.55. The number of ether oxygens (including phenoxy) is 2. The number of hydrogen-bond donors (Lipinski definition) is 1. The molecular formula is C17H16BrNO4. The molecular weight excluding hydrogens is 362 g/mol. The standard InChI is InChI=1S/C17H16BrNO4/c1-22-16(20)9-10-19-17(21)14-7-2-3-8-15(14)23-13-6-4-5-12(18)11-13/h2-8,11H,9-10H2,1H3,(H,19,21). The molecule has 1 amide bonds. The molecule has 0 bridgehead atoms.